The molecule has 3 rings (SSSR count). The molecule has 16 heavy (non-hydrogen) atoms. The summed E-state index contributed by atoms with van der Waals surface area (Å²) in [4.78, 5) is 8.18. The summed E-state index contributed by atoms with van der Waals surface area (Å²) in [6, 6.07) is 2.01. The Morgan fingerprint density at radius 2 is 2.25 bits per heavy atom. The van der Waals surface area contributed by atoms with Gasteiger partial charge in [-0.05, 0) is 11.4 Å². The van der Waals surface area contributed by atoms with Crippen LogP contribution in [0.4, 0.5) is 0 Å². The monoisotopic (exact) mass is 250 g/mol. The summed E-state index contributed by atoms with van der Waals surface area (Å²) in [6.07, 6.45) is 1.45. The van der Waals surface area contributed by atoms with Gasteiger partial charge in [-0.15, -0.1) is 0 Å². The van der Waals surface area contributed by atoms with Crippen molar-refractivity contribution < 1.29 is 0 Å². The van der Waals surface area contributed by atoms with E-state index in [2.05, 4.69) is 15.1 Å². The Hall–Kier alpha value is -1.46. The van der Waals surface area contributed by atoms with E-state index in [4.69, 9.17) is 11.6 Å². The number of hydrogen-bond donors (Lipinski definition) is 0. The van der Waals surface area contributed by atoms with Crippen molar-refractivity contribution >= 4 is 34.0 Å². The molecule has 0 atom stereocenters. The molecular formula is C10H7ClN4S. The summed E-state index contributed by atoms with van der Waals surface area (Å²) in [7, 11) is 1.85. The van der Waals surface area contributed by atoms with E-state index >= 15 is 0 Å². The molecule has 3 aromatic rings. The minimum absolute atomic E-state index is 0.444. The lowest BCUT2D eigenvalue weighted by Crippen LogP contribution is -1.91. The minimum Gasteiger partial charge on any atom is -0.250 e. The van der Waals surface area contributed by atoms with Crippen molar-refractivity contribution in [2.75, 3.05) is 0 Å². The predicted octanol–water partition coefficient (Wildman–Crippen LogP) is 2.75. The lowest BCUT2D eigenvalue weighted by Gasteiger charge is -1.94. The molecule has 3 aromatic heterocycles. The van der Waals surface area contributed by atoms with Crippen molar-refractivity contribution in [3.63, 3.8) is 0 Å². The lowest BCUT2D eigenvalue weighted by molar-refractivity contribution is 0.789. The van der Waals surface area contributed by atoms with Crippen LogP contribution in [0.25, 0.3) is 22.3 Å². The first-order valence-electron chi connectivity index (χ1n) is 4.63. The second kappa shape index (κ2) is 3.54. The molecule has 0 N–H and O–H groups in total. The first kappa shape index (κ1) is 9.74. The van der Waals surface area contributed by atoms with E-state index in [1.165, 1.54) is 6.33 Å². The standard InChI is InChI=1S/C10H7ClN4S/c1-15-10-7(9(11)12-5-13-10)8(14-15)6-2-3-16-4-6/h2-5H,1H3. The normalized spacial score (nSPS) is 11.1. The topological polar surface area (TPSA) is 43.6 Å². The predicted molar refractivity (Wildman–Crippen MR) is 64.6 cm³/mol. The van der Waals surface area contributed by atoms with Crippen LogP contribution in [-0.4, -0.2) is 19.7 Å². The van der Waals surface area contributed by atoms with Crippen molar-refractivity contribution in [2.45, 2.75) is 0 Å². The van der Waals surface area contributed by atoms with Crippen LogP contribution in [0.3, 0.4) is 0 Å². The Morgan fingerprint density at radius 3 is 3.00 bits per heavy atom. The van der Waals surface area contributed by atoms with Crippen molar-refractivity contribution in [2.24, 2.45) is 7.05 Å². The van der Waals surface area contributed by atoms with E-state index in [1.54, 1.807) is 16.0 Å². The smallest absolute Gasteiger partial charge is 0.163 e. The molecule has 0 unspecified atom stereocenters. The zero-order valence-electron chi connectivity index (χ0n) is 8.38. The maximum Gasteiger partial charge on any atom is 0.163 e. The van der Waals surface area contributed by atoms with E-state index < -0.39 is 0 Å². The summed E-state index contributed by atoms with van der Waals surface area (Å²) in [5.41, 5.74) is 2.64. The quantitative estimate of drug-likeness (QED) is 0.624. The van der Waals surface area contributed by atoms with Gasteiger partial charge in [0.05, 0.1) is 5.39 Å². The Balaban J connectivity index is 2.42. The van der Waals surface area contributed by atoms with Gasteiger partial charge in [0.25, 0.3) is 0 Å². The van der Waals surface area contributed by atoms with E-state index in [1.807, 2.05) is 23.9 Å². The Bertz CT molecular complexity index is 644. The fraction of sp³-hybridized carbons (Fsp3) is 0.100. The fourth-order valence-corrected chi connectivity index (χ4v) is 2.51. The highest BCUT2D eigenvalue weighted by molar-refractivity contribution is 7.08. The molecule has 0 radical (unpaired) electrons. The van der Waals surface area contributed by atoms with Gasteiger partial charge in [-0.3, -0.25) is 0 Å². The zero-order chi connectivity index (χ0) is 11.1. The van der Waals surface area contributed by atoms with E-state index in [-0.39, 0.29) is 0 Å². The second-order valence-electron chi connectivity index (χ2n) is 3.35. The van der Waals surface area contributed by atoms with Crippen LogP contribution in [-0.2, 0) is 7.05 Å². The fourth-order valence-electron chi connectivity index (χ4n) is 1.65. The first-order chi connectivity index (χ1) is 7.77. The van der Waals surface area contributed by atoms with Gasteiger partial charge in [0.15, 0.2) is 5.65 Å². The summed E-state index contributed by atoms with van der Waals surface area (Å²) in [5, 5.41) is 9.72. The Labute approximate surface area is 101 Å². The third-order valence-electron chi connectivity index (χ3n) is 2.37. The maximum atomic E-state index is 6.09. The van der Waals surface area contributed by atoms with Gasteiger partial charge in [-0.1, -0.05) is 11.6 Å². The Morgan fingerprint density at radius 1 is 1.38 bits per heavy atom. The molecule has 0 fully saturated rings. The van der Waals surface area contributed by atoms with Crippen LogP contribution < -0.4 is 0 Å². The highest BCUT2D eigenvalue weighted by atomic mass is 35.5. The molecule has 3 heterocycles. The maximum absolute atomic E-state index is 6.09. The molecule has 0 spiro atoms. The molecule has 0 saturated carbocycles. The van der Waals surface area contributed by atoms with Gasteiger partial charge in [0.1, 0.15) is 17.2 Å². The number of thiophene rings is 1. The first-order valence-corrected chi connectivity index (χ1v) is 5.95. The van der Waals surface area contributed by atoms with Crippen LogP contribution in [0.2, 0.25) is 5.15 Å². The summed E-state index contributed by atoms with van der Waals surface area (Å²) in [5.74, 6) is 0. The summed E-state index contributed by atoms with van der Waals surface area (Å²) >= 11 is 7.72. The zero-order valence-corrected chi connectivity index (χ0v) is 9.96. The van der Waals surface area contributed by atoms with E-state index in [9.17, 15) is 0 Å². The van der Waals surface area contributed by atoms with Crippen LogP contribution in [0.1, 0.15) is 0 Å². The molecule has 0 aliphatic heterocycles. The average molecular weight is 251 g/mol. The number of halogens is 1. The molecule has 0 saturated heterocycles. The van der Waals surface area contributed by atoms with E-state index in [0.717, 1.165) is 22.3 Å². The molecule has 0 amide bonds. The van der Waals surface area contributed by atoms with Crippen molar-refractivity contribution in [3.8, 4) is 11.3 Å². The average Bonchev–Trinajstić information content (AvgIpc) is 2.87. The van der Waals surface area contributed by atoms with Crippen LogP contribution in [0, 0.1) is 0 Å². The lowest BCUT2D eigenvalue weighted by atomic mass is 10.2. The third-order valence-corrected chi connectivity index (χ3v) is 3.34. The summed E-state index contributed by atoms with van der Waals surface area (Å²) < 4.78 is 1.72. The molecule has 80 valence electrons. The molecule has 0 bridgehead atoms. The molecule has 0 aromatic carbocycles. The highest BCUT2D eigenvalue weighted by Gasteiger charge is 2.15. The van der Waals surface area contributed by atoms with Gasteiger partial charge in [0, 0.05) is 18.0 Å². The van der Waals surface area contributed by atoms with Crippen LogP contribution in [0.5, 0.6) is 0 Å². The van der Waals surface area contributed by atoms with Gasteiger partial charge in [-0.2, -0.15) is 16.4 Å². The number of aromatic nitrogens is 4. The number of aryl methyl sites for hydroxylation is 1. The highest BCUT2D eigenvalue weighted by Crippen LogP contribution is 2.31. The van der Waals surface area contributed by atoms with Crippen molar-refractivity contribution in [1.29, 1.82) is 0 Å². The van der Waals surface area contributed by atoms with Crippen LogP contribution >= 0.6 is 22.9 Å². The van der Waals surface area contributed by atoms with Crippen molar-refractivity contribution in [3.05, 3.63) is 28.3 Å². The third kappa shape index (κ3) is 1.32. The van der Waals surface area contributed by atoms with Gasteiger partial charge < -0.3 is 0 Å². The Kier molecular flexibility index (Phi) is 2.15. The molecule has 0 aliphatic rings. The van der Waals surface area contributed by atoms with Gasteiger partial charge in [0.2, 0.25) is 0 Å². The molecule has 0 aliphatic carbocycles. The molecular weight excluding hydrogens is 244 g/mol. The minimum atomic E-state index is 0.444. The largest absolute Gasteiger partial charge is 0.250 e. The number of fused-ring (bicyclic) bond motifs is 1. The number of hydrogen-bond acceptors (Lipinski definition) is 4. The second-order valence-corrected chi connectivity index (χ2v) is 4.49. The summed E-state index contributed by atoms with van der Waals surface area (Å²) in [6.45, 7) is 0. The SMILES string of the molecule is Cn1nc(-c2ccsc2)c2c(Cl)ncnc21. The molecule has 6 heteroatoms. The van der Waals surface area contributed by atoms with E-state index in [0.29, 0.717) is 5.15 Å². The van der Waals surface area contributed by atoms with Gasteiger partial charge in [-0.25, -0.2) is 14.6 Å². The molecule has 4 nitrogen and oxygen atoms in total. The van der Waals surface area contributed by atoms with Gasteiger partial charge >= 0.3 is 0 Å². The number of nitrogens with zero attached hydrogens (tertiary/aromatic N) is 4. The van der Waals surface area contributed by atoms with Crippen LogP contribution in [0.15, 0.2) is 23.2 Å². The van der Waals surface area contributed by atoms with Crippen molar-refractivity contribution in [1.82, 2.24) is 19.7 Å². The number of rotatable bonds is 1.